The maximum atomic E-state index is 12.8. The van der Waals surface area contributed by atoms with Crippen LogP contribution < -0.4 is 0 Å². The fourth-order valence-corrected chi connectivity index (χ4v) is 2.80. The van der Waals surface area contributed by atoms with Gasteiger partial charge in [-0.05, 0) is 17.7 Å². The summed E-state index contributed by atoms with van der Waals surface area (Å²) in [4.78, 5) is 17.9. The average Bonchev–Trinajstić information content (AvgIpc) is 2.60. The van der Waals surface area contributed by atoms with Crippen LogP contribution in [0.5, 0.6) is 0 Å². The highest BCUT2D eigenvalue weighted by atomic mass is 32.2. The van der Waals surface area contributed by atoms with Crippen LogP contribution in [0.2, 0.25) is 0 Å². The number of carboxylic acids is 2. The van der Waals surface area contributed by atoms with Crippen LogP contribution in [0.4, 0.5) is 13.2 Å². The first kappa shape index (κ1) is 22.5. The zero-order valence-corrected chi connectivity index (χ0v) is 15.0. The van der Waals surface area contributed by atoms with E-state index in [2.05, 4.69) is 4.74 Å². The lowest BCUT2D eigenvalue weighted by molar-refractivity contribution is -0.234. The van der Waals surface area contributed by atoms with Gasteiger partial charge in [-0.25, -0.2) is 4.79 Å². The molecule has 5 nitrogen and oxygen atoms in total. The largest absolute Gasteiger partial charge is 0.481 e. The van der Waals surface area contributed by atoms with Crippen molar-refractivity contribution in [2.75, 3.05) is 7.11 Å². The quantitative estimate of drug-likeness (QED) is 0.560. The fraction of sp³-hybridized carbons (Fsp3) is 0.222. The van der Waals surface area contributed by atoms with Crippen molar-refractivity contribution in [1.82, 2.24) is 0 Å². The summed E-state index contributed by atoms with van der Waals surface area (Å²) in [6.07, 6.45) is -4.91. The molecule has 0 aliphatic rings. The van der Waals surface area contributed by atoms with Crippen molar-refractivity contribution < 1.29 is 37.7 Å². The molecule has 2 aromatic rings. The summed E-state index contributed by atoms with van der Waals surface area (Å²) in [5.41, 5.74) is 0.843. The van der Waals surface area contributed by atoms with Gasteiger partial charge in [0, 0.05) is 12.0 Å². The predicted octanol–water partition coefficient (Wildman–Crippen LogP) is 4.08. The van der Waals surface area contributed by atoms with Crippen molar-refractivity contribution in [3.63, 3.8) is 0 Å². The van der Waals surface area contributed by atoms with Gasteiger partial charge in [0.2, 0.25) is 0 Å². The molecule has 2 N–H and O–H groups in total. The molecular weight excluding hydrogens is 385 g/mol. The monoisotopic (exact) mass is 402 g/mol. The van der Waals surface area contributed by atoms with Crippen molar-refractivity contribution >= 4 is 23.7 Å². The summed E-state index contributed by atoms with van der Waals surface area (Å²) >= 11 is 0.104. The molecule has 0 aliphatic carbocycles. The summed E-state index contributed by atoms with van der Waals surface area (Å²) in [6, 6.07) is 16.5. The van der Waals surface area contributed by atoms with Gasteiger partial charge in [0.1, 0.15) is 0 Å². The molecule has 0 fully saturated rings. The number of carboxylic acid groups (broad SMARTS) is 2. The molecule has 0 saturated carbocycles. The Labute approximate surface area is 157 Å². The Morgan fingerprint density at radius 3 is 1.81 bits per heavy atom. The standard InChI is InChI=1S/C10H9F3O3S.C8H8O2/c1-16-9(8(14)15,10(11,12)13)17-7-5-3-2-4-6-7;9-8(10)6-7-4-2-1-3-5-7/h2-6H,1H3,(H,14,15);1-5H,6H2,(H,9,10). The number of rotatable bonds is 6. The van der Waals surface area contributed by atoms with Gasteiger partial charge in [-0.3, -0.25) is 4.79 Å². The maximum Gasteiger partial charge on any atom is 0.438 e. The first-order valence-electron chi connectivity index (χ1n) is 7.47. The predicted molar refractivity (Wildman–Crippen MR) is 93.5 cm³/mol. The summed E-state index contributed by atoms with van der Waals surface area (Å²) in [6.45, 7) is 0. The van der Waals surface area contributed by atoms with Crippen molar-refractivity contribution in [3.05, 3.63) is 66.2 Å². The lowest BCUT2D eigenvalue weighted by Gasteiger charge is -2.29. The number of alkyl halides is 3. The summed E-state index contributed by atoms with van der Waals surface area (Å²) in [7, 11) is 0.720. The molecule has 0 aliphatic heterocycles. The molecule has 0 radical (unpaired) electrons. The van der Waals surface area contributed by atoms with Crippen LogP contribution in [-0.4, -0.2) is 40.4 Å². The third-order valence-electron chi connectivity index (χ3n) is 3.15. The molecule has 0 amide bonds. The van der Waals surface area contributed by atoms with Gasteiger partial charge in [0.15, 0.2) is 0 Å². The number of methoxy groups -OCH3 is 1. The van der Waals surface area contributed by atoms with E-state index in [1.165, 1.54) is 24.3 Å². The van der Waals surface area contributed by atoms with E-state index in [-0.39, 0.29) is 23.1 Å². The van der Waals surface area contributed by atoms with E-state index in [1.807, 2.05) is 18.2 Å². The van der Waals surface area contributed by atoms with Gasteiger partial charge in [-0.2, -0.15) is 13.2 Å². The van der Waals surface area contributed by atoms with Crippen LogP contribution >= 0.6 is 11.8 Å². The molecule has 0 aromatic heterocycles. The summed E-state index contributed by atoms with van der Waals surface area (Å²) in [5.74, 6) is -2.87. The Bertz CT molecular complexity index is 738. The third kappa shape index (κ3) is 6.61. The van der Waals surface area contributed by atoms with Crippen molar-refractivity contribution in [2.24, 2.45) is 0 Å². The molecule has 2 rings (SSSR count). The van der Waals surface area contributed by atoms with Crippen molar-refractivity contribution in [1.29, 1.82) is 0 Å². The number of ether oxygens (including phenoxy) is 1. The van der Waals surface area contributed by atoms with E-state index in [1.54, 1.807) is 18.2 Å². The second-order valence-electron chi connectivity index (χ2n) is 5.09. The Morgan fingerprint density at radius 2 is 1.44 bits per heavy atom. The number of benzene rings is 2. The van der Waals surface area contributed by atoms with Gasteiger partial charge in [0.05, 0.1) is 6.42 Å². The van der Waals surface area contributed by atoms with Crippen LogP contribution in [0, 0.1) is 0 Å². The van der Waals surface area contributed by atoms with E-state index < -0.39 is 23.0 Å². The van der Waals surface area contributed by atoms with Gasteiger partial charge in [-0.1, -0.05) is 60.3 Å². The SMILES string of the molecule is COC(Sc1ccccc1)(C(=O)O)C(F)(F)F.O=C(O)Cc1ccccc1. The molecule has 1 atom stereocenters. The molecule has 1 unspecified atom stereocenters. The van der Waals surface area contributed by atoms with E-state index >= 15 is 0 Å². The number of carbonyl (C=O) groups is 2. The molecule has 0 saturated heterocycles. The lowest BCUT2D eigenvalue weighted by Crippen LogP contribution is -2.50. The Hall–Kier alpha value is -2.52. The minimum atomic E-state index is -5.02. The minimum absolute atomic E-state index is 0.104. The minimum Gasteiger partial charge on any atom is -0.481 e. The second-order valence-corrected chi connectivity index (χ2v) is 6.35. The molecule has 146 valence electrons. The van der Waals surface area contributed by atoms with Gasteiger partial charge >= 0.3 is 23.0 Å². The third-order valence-corrected chi connectivity index (χ3v) is 4.51. The Morgan fingerprint density at radius 1 is 0.963 bits per heavy atom. The van der Waals surface area contributed by atoms with Crippen molar-refractivity contribution in [3.8, 4) is 0 Å². The average molecular weight is 402 g/mol. The number of hydrogen-bond acceptors (Lipinski definition) is 4. The highest BCUT2D eigenvalue weighted by molar-refractivity contribution is 8.01. The highest BCUT2D eigenvalue weighted by Crippen LogP contribution is 2.45. The summed E-state index contributed by atoms with van der Waals surface area (Å²) < 4.78 is 42.6. The molecule has 2 aromatic carbocycles. The highest BCUT2D eigenvalue weighted by Gasteiger charge is 2.63. The number of hydrogen-bond donors (Lipinski definition) is 2. The fourth-order valence-electron chi connectivity index (χ4n) is 1.89. The molecule has 27 heavy (non-hydrogen) atoms. The van der Waals surface area contributed by atoms with Crippen LogP contribution in [-0.2, 0) is 20.7 Å². The molecular formula is C18H17F3O5S. The Balaban J connectivity index is 0.000000309. The topological polar surface area (TPSA) is 83.8 Å². The zero-order valence-electron chi connectivity index (χ0n) is 14.1. The van der Waals surface area contributed by atoms with E-state index in [4.69, 9.17) is 10.2 Å². The first-order chi connectivity index (χ1) is 12.6. The van der Waals surface area contributed by atoms with Crippen LogP contribution in [0.1, 0.15) is 5.56 Å². The lowest BCUT2D eigenvalue weighted by atomic mass is 10.2. The van der Waals surface area contributed by atoms with Gasteiger partial charge in [0.25, 0.3) is 0 Å². The number of halogens is 3. The van der Waals surface area contributed by atoms with E-state index in [9.17, 15) is 22.8 Å². The summed E-state index contributed by atoms with van der Waals surface area (Å²) in [5, 5.41) is 17.1. The molecule has 0 bridgehead atoms. The zero-order chi connectivity index (χ0) is 20.5. The number of thioether (sulfide) groups is 1. The smallest absolute Gasteiger partial charge is 0.438 e. The van der Waals surface area contributed by atoms with Gasteiger partial charge < -0.3 is 14.9 Å². The van der Waals surface area contributed by atoms with E-state index in [0.717, 1.165) is 12.7 Å². The Kier molecular flexibility index (Phi) is 8.32. The van der Waals surface area contributed by atoms with Crippen LogP contribution in [0.3, 0.4) is 0 Å². The van der Waals surface area contributed by atoms with Gasteiger partial charge in [-0.15, -0.1) is 0 Å². The van der Waals surface area contributed by atoms with E-state index in [0.29, 0.717) is 0 Å². The molecule has 9 heteroatoms. The molecule has 0 spiro atoms. The first-order valence-corrected chi connectivity index (χ1v) is 8.29. The maximum absolute atomic E-state index is 12.8. The molecule has 0 heterocycles. The van der Waals surface area contributed by atoms with Crippen molar-refractivity contribution in [2.45, 2.75) is 22.4 Å². The normalized spacial score (nSPS) is 13.0. The van der Waals surface area contributed by atoms with Crippen LogP contribution in [0.25, 0.3) is 0 Å². The number of aliphatic carboxylic acids is 2. The second kappa shape index (κ2) is 9.98. The van der Waals surface area contributed by atoms with Crippen LogP contribution in [0.15, 0.2) is 65.6 Å².